The molecule has 5 heteroatoms. The van der Waals surface area contributed by atoms with Gasteiger partial charge >= 0.3 is 0 Å². The summed E-state index contributed by atoms with van der Waals surface area (Å²) < 4.78 is 0. The van der Waals surface area contributed by atoms with Gasteiger partial charge in [-0.3, -0.25) is 14.8 Å². The lowest BCUT2D eigenvalue weighted by molar-refractivity contribution is 0.0667. The number of aromatic nitrogens is 3. The second-order valence-electron chi connectivity index (χ2n) is 5.87. The van der Waals surface area contributed by atoms with Gasteiger partial charge in [-0.25, -0.2) is 4.98 Å². The van der Waals surface area contributed by atoms with Gasteiger partial charge in [0.15, 0.2) is 0 Å². The van der Waals surface area contributed by atoms with Crippen molar-refractivity contribution in [3.63, 3.8) is 0 Å². The first kappa shape index (κ1) is 14.6. The first-order chi connectivity index (χ1) is 10.7. The number of piperidine rings is 1. The van der Waals surface area contributed by atoms with E-state index in [1.807, 2.05) is 24.1 Å². The molecule has 0 radical (unpaired) electrons. The third-order valence-corrected chi connectivity index (χ3v) is 4.05. The highest BCUT2D eigenvalue weighted by molar-refractivity contribution is 5.92. The Labute approximate surface area is 130 Å². The number of carbonyl (C=O) groups is 1. The molecule has 0 bridgehead atoms. The first-order valence-electron chi connectivity index (χ1n) is 7.69. The third-order valence-electron chi connectivity index (χ3n) is 4.05. The summed E-state index contributed by atoms with van der Waals surface area (Å²) >= 11 is 0. The Morgan fingerprint density at radius 1 is 1.32 bits per heavy atom. The van der Waals surface area contributed by atoms with E-state index in [-0.39, 0.29) is 5.91 Å². The van der Waals surface area contributed by atoms with E-state index in [0.717, 1.165) is 38.0 Å². The van der Waals surface area contributed by atoms with Crippen LogP contribution in [0, 0.1) is 12.8 Å². The predicted molar refractivity (Wildman–Crippen MR) is 83.3 cm³/mol. The third kappa shape index (κ3) is 3.47. The van der Waals surface area contributed by atoms with Crippen molar-refractivity contribution in [1.82, 2.24) is 19.9 Å². The summed E-state index contributed by atoms with van der Waals surface area (Å²) in [5.74, 6) is 0.476. The van der Waals surface area contributed by atoms with Gasteiger partial charge in [0.25, 0.3) is 5.91 Å². The molecule has 2 aromatic heterocycles. The molecule has 0 aliphatic carbocycles. The largest absolute Gasteiger partial charge is 0.337 e. The van der Waals surface area contributed by atoms with Crippen molar-refractivity contribution in [2.45, 2.75) is 26.2 Å². The van der Waals surface area contributed by atoms with E-state index in [1.54, 1.807) is 18.6 Å². The van der Waals surface area contributed by atoms with Crippen LogP contribution in [0.25, 0.3) is 0 Å². The molecule has 114 valence electrons. The SMILES string of the molecule is Cc1cnc(C(=O)N2CCC[C@H](Cc3cccnc3)C2)cn1. The number of likely N-dealkylation sites (tertiary alicyclic amines) is 1. The number of pyridine rings is 1. The zero-order valence-corrected chi connectivity index (χ0v) is 12.8. The van der Waals surface area contributed by atoms with Gasteiger partial charge in [0.2, 0.25) is 0 Å². The molecular formula is C17H20N4O. The highest BCUT2D eigenvalue weighted by Gasteiger charge is 2.25. The molecule has 0 saturated carbocycles. The summed E-state index contributed by atoms with van der Waals surface area (Å²) in [6, 6.07) is 4.06. The number of rotatable bonds is 3. The standard InChI is InChI=1S/C17H20N4O/c1-13-9-20-16(11-19-13)17(22)21-7-3-5-15(12-21)8-14-4-2-6-18-10-14/h2,4,6,9-11,15H,3,5,7-8,12H2,1H3/t15-/m1/s1. The molecule has 5 nitrogen and oxygen atoms in total. The summed E-state index contributed by atoms with van der Waals surface area (Å²) in [5.41, 5.74) is 2.49. The lowest BCUT2D eigenvalue weighted by atomic mass is 9.92. The monoisotopic (exact) mass is 296 g/mol. The van der Waals surface area contributed by atoms with E-state index < -0.39 is 0 Å². The summed E-state index contributed by atoms with van der Waals surface area (Å²) in [4.78, 5) is 27.0. The quantitative estimate of drug-likeness (QED) is 0.872. The van der Waals surface area contributed by atoms with Crippen LogP contribution < -0.4 is 0 Å². The second-order valence-corrected chi connectivity index (χ2v) is 5.87. The van der Waals surface area contributed by atoms with Crippen LogP contribution in [0.2, 0.25) is 0 Å². The minimum absolute atomic E-state index is 0.0108. The summed E-state index contributed by atoms with van der Waals surface area (Å²) in [6.45, 7) is 3.45. The highest BCUT2D eigenvalue weighted by Crippen LogP contribution is 2.21. The molecule has 0 spiro atoms. The van der Waals surface area contributed by atoms with Crippen molar-refractivity contribution in [2.24, 2.45) is 5.92 Å². The molecule has 1 aliphatic rings. The average Bonchev–Trinajstić information content (AvgIpc) is 2.56. The molecule has 0 aromatic carbocycles. The molecule has 1 aliphatic heterocycles. The number of nitrogens with zero attached hydrogens (tertiary/aromatic N) is 4. The van der Waals surface area contributed by atoms with Gasteiger partial charge in [-0.05, 0) is 43.7 Å². The maximum atomic E-state index is 12.5. The number of carbonyl (C=O) groups excluding carboxylic acids is 1. The molecule has 1 amide bonds. The fourth-order valence-corrected chi connectivity index (χ4v) is 2.93. The summed E-state index contributed by atoms with van der Waals surface area (Å²) in [5, 5.41) is 0. The van der Waals surface area contributed by atoms with Gasteiger partial charge in [-0.1, -0.05) is 6.07 Å². The Morgan fingerprint density at radius 3 is 2.95 bits per heavy atom. The minimum Gasteiger partial charge on any atom is -0.337 e. The Balaban J connectivity index is 1.65. The van der Waals surface area contributed by atoms with E-state index in [0.29, 0.717) is 11.6 Å². The Hall–Kier alpha value is -2.30. The molecule has 2 aromatic rings. The van der Waals surface area contributed by atoms with Crippen LogP contribution in [0.4, 0.5) is 0 Å². The molecule has 0 unspecified atom stereocenters. The van der Waals surface area contributed by atoms with E-state index in [2.05, 4.69) is 21.0 Å². The number of hydrogen-bond acceptors (Lipinski definition) is 4. The topological polar surface area (TPSA) is 59.0 Å². The van der Waals surface area contributed by atoms with E-state index in [4.69, 9.17) is 0 Å². The first-order valence-corrected chi connectivity index (χ1v) is 7.69. The van der Waals surface area contributed by atoms with Gasteiger partial charge in [-0.2, -0.15) is 0 Å². The van der Waals surface area contributed by atoms with Crippen molar-refractivity contribution < 1.29 is 4.79 Å². The summed E-state index contributed by atoms with van der Waals surface area (Å²) in [6.07, 6.45) is 10.1. The van der Waals surface area contributed by atoms with Crippen molar-refractivity contribution in [2.75, 3.05) is 13.1 Å². The van der Waals surface area contributed by atoms with Crippen LogP contribution in [0.1, 0.15) is 34.6 Å². The molecule has 1 atom stereocenters. The van der Waals surface area contributed by atoms with Crippen molar-refractivity contribution in [3.8, 4) is 0 Å². The predicted octanol–water partition coefficient (Wildman–Crippen LogP) is 2.27. The molecule has 22 heavy (non-hydrogen) atoms. The number of amides is 1. The Bertz CT molecular complexity index is 627. The zero-order chi connectivity index (χ0) is 15.4. The maximum Gasteiger partial charge on any atom is 0.274 e. The van der Waals surface area contributed by atoms with Crippen LogP contribution >= 0.6 is 0 Å². The van der Waals surface area contributed by atoms with Crippen molar-refractivity contribution >= 4 is 5.91 Å². The van der Waals surface area contributed by atoms with Gasteiger partial charge < -0.3 is 4.90 Å². The van der Waals surface area contributed by atoms with Crippen molar-refractivity contribution in [3.05, 3.63) is 53.9 Å². The zero-order valence-electron chi connectivity index (χ0n) is 12.8. The van der Waals surface area contributed by atoms with E-state index in [9.17, 15) is 4.79 Å². The lowest BCUT2D eigenvalue weighted by Crippen LogP contribution is -2.40. The molecule has 3 rings (SSSR count). The number of hydrogen-bond donors (Lipinski definition) is 0. The van der Waals surface area contributed by atoms with E-state index >= 15 is 0 Å². The minimum atomic E-state index is -0.0108. The fourth-order valence-electron chi connectivity index (χ4n) is 2.93. The fraction of sp³-hybridized carbons (Fsp3) is 0.412. The highest BCUT2D eigenvalue weighted by atomic mass is 16.2. The van der Waals surface area contributed by atoms with Crippen LogP contribution in [0.15, 0.2) is 36.9 Å². The average molecular weight is 296 g/mol. The lowest BCUT2D eigenvalue weighted by Gasteiger charge is -2.32. The van der Waals surface area contributed by atoms with Gasteiger partial charge in [0.1, 0.15) is 5.69 Å². The van der Waals surface area contributed by atoms with Crippen LogP contribution in [0.5, 0.6) is 0 Å². The van der Waals surface area contributed by atoms with Crippen molar-refractivity contribution in [1.29, 1.82) is 0 Å². The van der Waals surface area contributed by atoms with Gasteiger partial charge in [0.05, 0.1) is 11.9 Å². The van der Waals surface area contributed by atoms with Crippen LogP contribution in [-0.4, -0.2) is 38.8 Å². The maximum absolute atomic E-state index is 12.5. The Morgan fingerprint density at radius 2 is 2.23 bits per heavy atom. The molecule has 1 saturated heterocycles. The molecule has 1 fully saturated rings. The molecular weight excluding hydrogens is 276 g/mol. The van der Waals surface area contributed by atoms with Crippen LogP contribution in [-0.2, 0) is 6.42 Å². The molecule has 3 heterocycles. The summed E-state index contributed by atoms with van der Waals surface area (Å²) in [7, 11) is 0. The second kappa shape index (κ2) is 6.64. The number of aryl methyl sites for hydroxylation is 1. The van der Waals surface area contributed by atoms with Crippen LogP contribution in [0.3, 0.4) is 0 Å². The van der Waals surface area contributed by atoms with Gasteiger partial charge in [0, 0.05) is 31.7 Å². The molecule has 0 N–H and O–H groups in total. The smallest absolute Gasteiger partial charge is 0.274 e. The van der Waals surface area contributed by atoms with Gasteiger partial charge in [-0.15, -0.1) is 0 Å². The Kier molecular flexibility index (Phi) is 4.42. The van der Waals surface area contributed by atoms with E-state index in [1.165, 1.54) is 5.56 Å². The normalized spacial score (nSPS) is 18.2.